The smallest absolute Gasteiger partial charge is 0.0834 e. The normalized spacial score (nSPS) is 13.3. The minimum Gasteiger partial charge on any atom is -0.309 e. The fraction of sp³-hybridized carbons (Fsp3) is 0.812. The van der Waals surface area contributed by atoms with E-state index in [2.05, 4.69) is 54.9 Å². The third kappa shape index (κ3) is 6.37. The van der Waals surface area contributed by atoms with Crippen LogP contribution in [0.4, 0.5) is 0 Å². The van der Waals surface area contributed by atoms with Crippen LogP contribution in [0.2, 0.25) is 5.02 Å². The second-order valence-corrected chi connectivity index (χ2v) is 6.79. The number of hydrogen-bond donors (Lipinski definition) is 1. The zero-order valence-electron chi connectivity index (χ0n) is 14.2. The van der Waals surface area contributed by atoms with E-state index in [1.54, 1.807) is 6.20 Å². The maximum Gasteiger partial charge on any atom is 0.0834 e. The predicted molar refractivity (Wildman–Crippen MR) is 90.9 cm³/mol. The molecule has 122 valence electrons. The fourth-order valence-electron chi connectivity index (χ4n) is 2.35. The van der Waals surface area contributed by atoms with Crippen LogP contribution in [0.15, 0.2) is 6.20 Å². The first kappa shape index (κ1) is 18.5. The van der Waals surface area contributed by atoms with E-state index in [0.29, 0.717) is 12.0 Å². The molecule has 0 radical (unpaired) electrons. The molecule has 1 rings (SSSR count). The van der Waals surface area contributed by atoms with E-state index in [9.17, 15) is 0 Å². The summed E-state index contributed by atoms with van der Waals surface area (Å²) in [6, 6.07) is 0.296. The van der Waals surface area contributed by atoms with Crippen molar-refractivity contribution in [2.75, 3.05) is 27.2 Å². The maximum absolute atomic E-state index is 6.41. The van der Waals surface area contributed by atoms with Gasteiger partial charge in [0.25, 0.3) is 0 Å². The van der Waals surface area contributed by atoms with E-state index in [1.165, 1.54) is 6.42 Å². The van der Waals surface area contributed by atoms with Crippen molar-refractivity contribution in [3.63, 3.8) is 0 Å². The van der Waals surface area contributed by atoms with E-state index >= 15 is 0 Å². The standard InChI is InChI=1S/C16H31ClN4/c1-6-9-18-15(8-7-13(2)3)16-14(17)12-19-21(16)11-10-20(4)5/h12-13,15,18H,6-11H2,1-5H3. The second-order valence-electron chi connectivity index (χ2n) is 6.38. The molecule has 0 spiro atoms. The van der Waals surface area contributed by atoms with Gasteiger partial charge in [-0.15, -0.1) is 0 Å². The lowest BCUT2D eigenvalue weighted by Gasteiger charge is -2.22. The third-order valence-corrected chi connectivity index (χ3v) is 3.89. The van der Waals surface area contributed by atoms with E-state index in [1.807, 2.05) is 0 Å². The first-order chi connectivity index (χ1) is 9.95. The highest BCUT2D eigenvalue weighted by atomic mass is 35.5. The Bertz CT molecular complexity index is 401. The largest absolute Gasteiger partial charge is 0.309 e. The molecule has 1 atom stereocenters. The number of nitrogens with zero attached hydrogens (tertiary/aromatic N) is 3. The van der Waals surface area contributed by atoms with Crippen LogP contribution in [0.25, 0.3) is 0 Å². The molecule has 0 aromatic carbocycles. The van der Waals surface area contributed by atoms with Crippen LogP contribution in [-0.2, 0) is 6.54 Å². The number of hydrogen-bond acceptors (Lipinski definition) is 3. The van der Waals surface area contributed by atoms with Crippen molar-refractivity contribution in [3.8, 4) is 0 Å². The summed E-state index contributed by atoms with van der Waals surface area (Å²) in [6.07, 6.45) is 5.20. The van der Waals surface area contributed by atoms with Crippen molar-refractivity contribution in [3.05, 3.63) is 16.9 Å². The van der Waals surface area contributed by atoms with Gasteiger partial charge in [0.2, 0.25) is 0 Å². The van der Waals surface area contributed by atoms with E-state index in [-0.39, 0.29) is 0 Å². The molecule has 0 amide bonds. The summed E-state index contributed by atoms with van der Waals surface area (Å²) < 4.78 is 2.07. The third-order valence-electron chi connectivity index (χ3n) is 3.60. The van der Waals surface area contributed by atoms with Gasteiger partial charge in [0, 0.05) is 6.54 Å². The minimum atomic E-state index is 0.296. The van der Waals surface area contributed by atoms with Gasteiger partial charge in [-0.25, -0.2) is 0 Å². The number of aromatic nitrogens is 2. The highest BCUT2D eigenvalue weighted by Gasteiger charge is 2.20. The molecule has 0 saturated carbocycles. The average Bonchev–Trinajstić information content (AvgIpc) is 2.78. The molecule has 21 heavy (non-hydrogen) atoms. The molecule has 5 heteroatoms. The molecule has 0 aliphatic rings. The molecule has 1 unspecified atom stereocenters. The van der Waals surface area contributed by atoms with Crippen molar-refractivity contribution < 1.29 is 0 Å². The Balaban J connectivity index is 2.85. The van der Waals surface area contributed by atoms with Crippen LogP contribution in [0, 0.1) is 5.92 Å². The molecule has 0 bridgehead atoms. The van der Waals surface area contributed by atoms with E-state index in [0.717, 1.165) is 43.2 Å². The summed E-state index contributed by atoms with van der Waals surface area (Å²) in [5.41, 5.74) is 1.15. The molecule has 1 heterocycles. The quantitative estimate of drug-likeness (QED) is 0.716. The van der Waals surface area contributed by atoms with Crippen LogP contribution in [0.1, 0.15) is 51.8 Å². The van der Waals surface area contributed by atoms with Crippen LogP contribution in [-0.4, -0.2) is 41.9 Å². The molecule has 1 aromatic rings. The van der Waals surface area contributed by atoms with Crippen LogP contribution < -0.4 is 5.32 Å². The predicted octanol–water partition coefficient (Wildman–Crippen LogP) is 3.58. The highest BCUT2D eigenvalue weighted by molar-refractivity contribution is 6.31. The van der Waals surface area contributed by atoms with E-state index in [4.69, 9.17) is 11.6 Å². The minimum absolute atomic E-state index is 0.296. The van der Waals surface area contributed by atoms with Gasteiger partial charge in [-0.3, -0.25) is 4.68 Å². The summed E-state index contributed by atoms with van der Waals surface area (Å²) in [6.45, 7) is 9.58. The molecular weight excluding hydrogens is 284 g/mol. The zero-order chi connectivity index (χ0) is 15.8. The molecule has 0 fully saturated rings. The Morgan fingerprint density at radius 3 is 2.62 bits per heavy atom. The molecule has 1 N–H and O–H groups in total. The number of rotatable bonds is 10. The molecule has 0 aliphatic carbocycles. The van der Waals surface area contributed by atoms with Gasteiger partial charge in [0.05, 0.1) is 29.5 Å². The SMILES string of the molecule is CCCNC(CCC(C)C)c1c(Cl)cnn1CCN(C)C. The Morgan fingerprint density at radius 1 is 1.33 bits per heavy atom. The monoisotopic (exact) mass is 314 g/mol. The fourth-order valence-corrected chi connectivity index (χ4v) is 2.62. The molecule has 0 saturated heterocycles. The van der Waals surface area contributed by atoms with Crippen molar-refractivity contribution in [1.82, 2.24) is 20.0 Å². The number of likely N-dealkylation sites (N-methyl/N-ethyl adjacent to an activating group) is 1. The summed E-state index contributed by atoms with van der Waals surface area (Å²) in [7, 11) is 4.16. The van der Waals surface area contributed by atoms with Crippen LogP contribution >= 0.6 is 11.6 Å². The second kappa shape index (κ2) is 9.44. The summed E-state index contributed by atoms with van der Waals surface area (Å²) >= 11 is 6.41. The lowest BCUT2D eigenvalue weighted by Crippen LogP contribution is -2.27. The van der Waals surface area contributed by atoms with Gasteiger partial charge >= 0.3 is 0 Å². The molecular formula is C16H31ClN4. The summed E-state index contributed by atoms with van der Waals surface area (Å²) in [5.74, 6) is 0.702. The first-order valence-corrected chi connectivity index (χ1v) is 8.42. The van der Waals surface area contributed by atoms with Crippen molar-refractivity contribution in [2.24, 2.45) is 5.92 Å². The van der Waals surface area contributed by atoms with Gasteiger partial charge in [0.15, 0.2) is 0 Å². The Morgan fingerprint density at radius 2 is 2.05 bits per heavy atom. The van der Waals surface area contributed by atoms with E-state index < -0.39 is 0 Å². The summed E-state index contributed by atoms with van der Waals surface area (Å²) in [5, 5.41) is 8.88. The van der Waals surface area contributed by atoms with Gasteiger partial charge in [-0.05, 0) is 45.8 Å². The molecule has 4 nitrogen and oxygen atoms in total. The lowest BCUT2D eigenvalue weighted by atomic mass is 10.0. The van der Waals surface area contributed by atoms with Crippen molar-refractivity contribution in [1.29, 1.82) is 0 Å². The zero-order valence-corrected chi connectivity index (χ0v) is 15.0. The molecule has 0 aliphatic heterocycles. The number of nitrogens with one attached hydrogen (secondary N) is 1. The van der Waals surface area contributed by atoms with Crippen molar-refractivity contribution >= 4 is 11.6 Å². The van der Waals surface area contributed by atoms with Crippen LogP contribution in [0.3, 0.4) is 0 Å². The van der Waals surface area contributed by atoms with Gasteiger partial charge in [-0.2, -0.15) is 5.10 Å². The van der Waals surface area contributed by atoms with Gasteiger partial charge < -0.3 is 10.2 Å². The molecule has 1 aromatic heterocycles. The average molecular weight is 315 g/mol. The maximum atomic E-state index is 6.41. The van der Waals surface area contributed by atoms with Crippen LogP contribution in [0.5, 0.6) is 0 Å². The highest BCUT2D eigenvalue weighted by Crippen LogP contribution is 2.27. The topological polar surface area (TPSA) is 33.1 Å². The Hall–Kier alpha value is -0.580. The first-order valence-electron chi connectivity index (χ1n) is 8.05. The summed E-state index contributed by atoms with van der Waals surface area (Å²) in [4.78, 5) is 2.17. The van der Waals surface area contributed by atoms with Crippen molar-refractivity contribution in [2.45, 2.75) is 52.6 Å². The Kier molecular flexibility index (Phi) is 8.30. The Labute approximate surface area is 134 Å². The van der Waals surface area contributed by atoms with Gasteiger partial charge in [-0.1, -0.05) is 32.4 Å². The van der Waals surface area contributed by atoms with Gasteiger partial charge in [0.1, 0.15) is 0 Å². The number of halogens is 1. The lowest BCUT2D eigenvalue weighted by molar-refractivity contribution is 0.355.